The number of halogens is 3. The molecule has 226 valence electrons. The quantitative estimate of drug-likeness (QED) is 0.353. The first-order valence-corrected chi connectivity index (χ1v) is 14.5. The topological polar surface area (TPSA) is 134 Å². The van der Waals surface area contributed by atoms with Crippen molar-refractivity contribution >= 4 is 21.7 Å². The van der Waals surface area contributed by atoms with E-state index in [2.05, 4.69) is 15.1 Å². The lowest BCUT2D eigenvalue weighted by Crippen LogP contribution is -2.46. The van der Waals surface area contributed by atoms with E-state index in [-0.39, 0.29) is 11.4 Å². The molecule has 0 spiro atoms. The highest BCUT2D eigenvalue weighted by atomic mass is 32.2. The number of phenolic OH excluding ortho intramolecular Hbond substituents is 1. The number of nitrogens with one attached hydrogen (secondary N) is 1. The molecule has 0 aliphatic carbocycles. The van der Waals surface area contributed by atoms with Gasteiger partial charge in [0.1, 0.15) is 17.2 Å². The molecular formula is C27H30F3N5O6S. The maximum atomic E-state index is 12.3. The highest BCUT2D eigenvalue weighted by molar-refractivity contribution is 7.90. The molecule has 42 heavy (non-hydrogen) atoms. The van der Waals surface area contributed by atoms with Gasteiger partial charge in [-0.3, -0.25) is 9.69 Å². The Hall–Kier alpha value is -4.11. The van der Waals surface area contributed by atoms with Crippen LogP contribution in [-0.4, -0.2) is 86.9 Å². The zero-order chi connectivity index (χ0) is 30.5. The van der Waals surface area contributed by atoms with E-state index in [4.69, 9.17) is 9.47 Å². The van der Waals surface area contributed by atoms with Gasteiger partial charge in [-0.15, -0.1) is 10.2 Å². The number of methoxy groups -OCH3 is 2. The summed E-state index contributed by atoms with van der Waals surface area (Å²) in [6.45, 7) is 3.02. The number of hydrogen-bond donors (Lipinski definition) is 2. The number of aromatic nitrogens is 2. The highest BCUT2D eigenvalue weighted by Gasteiger charge is 2.31. The maximum Gasteiger partial charge on any atom is 0.390 e. The largest absolute Gasteiger partial charge is 0.508 e. The summed E-state index contributed by atoms with van der Waals surface area (Å²) < 4.78 is 73.5. The first-order chi connectivity index (χ1) is 19.9. The molecule has 2 aromatic carbocycles. The number of piperazine rings is 1. The van der Waals surface area contributed by atoms with Crippen LogP contribution in [-0.2, 0) is 16.6 Å². The van der Waals surface area contributed by atoms with E-state index in [1.807, 2.05) is 23.1 Å². The highest BCUT2D eigenvalue weighted by Crippen LogP contribution is 2.37. The third-order valence-corrected chi connectivity index (χ3v) is 7.89. The molecule has 1 amide bonds. The number of phenols is 1. The number of anilines is 1. The van der Waals surface area contributed by atoms with Gasteiger partial charge in [0.05, 0.1) is 32.0 Å². The number of hydrogen-bond acceptors (Lipinski definition) is 10. The van der Waals surface area contributed by atoms with Gasteiger partial charge < -0.3 is 19.5 Å². The number of carbonyl (C=O) groups excluding carboxylic acids is 1. The molecule has 3 aromatic rings. The van der Waals surface area contributed by atoms with Crippen molar-refractivity contribution in [2.75, 3.05) is 51.1 Å². The molecule has 0 saturated carbocycles. The molecule has 1 saturated heterocycles. The zero-order valence-corrected chi connectivity index (χ0v) is 23.7. The van der Waals surface area contributed by atoms with Crippen molar-refractivity contribution in [1.82, 2.24) is 19.8 Å². The van der Waals surface area contributed by atoms with Gasteiger partial charge in [0.15, 0.2) is 11.5 Å². The van der Waals surface area contributed by atoms with Crippen LogP contribution in [0.2, 0.25) is 0 Å². The molecule has 2 N–H and O–H groups in total. The van der Waals surface area contributed by atoms with Crippen LogP contribution in [0.25, 0.3) is 11.1 Å². The Morgan fingerprint density at radius 2 is 1.64 bits per heavy atom. The van der Waals surface area contributed by atoms with Crippen molar-refractivity contribution < 1.29 is 41.0 Å². The second-order valence-corrected chi connectivity index (χ2v) is 11.4. The number of benzene rings is 2. The average Bonchev–Trinajstić information content (AvgIpc) is 2.96. The second kappa shape index (κ2) is 12.8. The Balaban J connectivity index is 1.37. The Morgan fingerprint density at radius 1 is 0.976 bits per heavy atom. The molecule has 1 fully saturated rings. The van der Waals surface area contributed by atoms with Crippen molar-refractivity contribution in [2.24, 2.45) is 0 Å². The zero-order valence-electron chi connectivity index (χ0n) is 22.9. The summed E-state index contributed by atoms with van der Waals surface area (Å²) in [5, 5.41) is 17.6. The van der Waals surface area contributed by atoms with Crippen molar-refractivity contribution in [3.8, 4) is 28.4 Å². The van der Waals surface area contributed by atoms with Gasteiger partial charge in [-0.25, -0.2) is 13.1 Å². The second-order valence-electron chi connectivity index (χ2n) is 9.56. The van der Waals surface area contributed by atoms with E-state index in [1.165, 1.54) is 12.1 Å². The summed E-state index contributed by atoms with van der Waals surface area (Å²) in [6.07, 6.45) is -6.24. The van der Waals surface area contributed by atoms with Crippen LogP contribution < -0.4 is 19.1 Å². The third kappa shape index (κ3) is 8.00. The van der Waals surface area contributed by atoms with E-state index < -0.39 is 34.3 Å². The molecule has 0 bridgehead atoms. The Bertz CT molecular complexity index is 1490. The van der Waals surface area contributed by atoms with Gasteiger partial charge in [-0.2, -0.15) is 13.2 Å². The predicted octanol–water partition coefficient (Wildman–Crippen LogP) is 3.20. The van der Waals surface area contributed by atoms with Crippen LogP contribution >= 0.6 is 0 Å². The smallest absolute Gasteiger partial charge is 0.390 e. The molecule has 11 nitrogen and oxygen atoms in total. The fourth-order valence-corrected chi connectivity index (χ4v) is 5.45. The summed E-state index contributed by atoms with van der Waals surface area (Å²) in [7, 11) is -1.31. The molecule has 1 aromatic heterocycles. The maximum absolute atomic E-state index is 12.3. The van der Waals surface area contributed by atoms with E-state index in [9.17, 15) is 31.5 Å². The van der Waals surface area contributed by atoms with Crippen molar-refractivity contribution in [3.05, 3.63) is 59.8 Å². The van der Waals surface area contributed by atoms with E-state index in [0.29, 0.717) is 50.0 Å². The van der Waals surface area contributed by atoms with Crippen LogP contribution in [0, 0.1) is 0 Å². The molecule has 4 rings (SSSR count). The fraction of sp³-hybridized carbons (Fsp3) is 0.370. The van der Waals surface area contributed by atoms with Crippen LogP contribution in [0.3, 0.4) is 0 Å². The number of amides is 1. The molecule has 2 heterocycles. The molecule has 1 aliphatic rings. The number of rotatable bonds is 10. The summed E-state index contributed by atoms with van der Waals surface area (Å²) in [4.78, 5) is 16.3. The number of ether oxygens (including phenoxy) is 2. The SMILES string of the molecule is COc1cc(-c2cccc(O)c2)cc(OC)c1CN1CCN(c2ccc(C(=O)NS(=O)(=O)CCC(F)(F)F)nn2)CC1. The number of aromatic hydroxyl groups is 1. The monoisotopic (exact) mass is 609 g/mol. The summed E-state index contributed by atoms with van der Waals surface area (Å²) in [6, 6.07) is 13.5. The summed E-state index contributed by atoms with van der Waals surface area (Å²) >= 11 is 0. The molecule has 0 atom stereocenters. The van der Waals surface area contributed by atoms with Crippen LogP contribution in [0.15, 0.2) is 48.5 Å². The standard InChI is InChI=1S/C27H30F3N5O6S/c1-40-23-15-19(18-4-3-5-20(36)14-18)16-24(41-2)21(23)17-34-9-11-35(12-10-34)25-7-6-22(31-32-25)26(37)33-42(38,39)13-8-27(28,29)30/h3-7,14-16,36H,8-13,17H2,1-2H3,(H,33,37). The van der Waals surface area contributed by atoms with Gasteiger partial charge in [-0.05, 0) is 47.5 Å². The van der Waals surface area contributed by atoms with Crippen molar-refractivity contribution in [3.63, 3.8) is 0 Å². The minimum Gasteiger partial charge on any atom is -0.508 e. The minimum absolute atomic E-state index is 0.155. The van der Waals surface area contributed by atoms with Gasteiger partial charge in [0.25, 0.3) is 5.91 Å². The van der Waals surface area contributed by atoms with Crippen molar-refractivity contribution in [1.29, 1.82) is 0 Å². The number of sulfonamides is 1. The summed E-state index contributed by atoms with van der Waals surface area (Å²) in [5.41, 5.74) is 2.20. The molecule has 1 aliphatic heterocycles. The molecule has 0 radical (unpaired) electrons. The first kappa shape index (κ1) is 30.8. The van der Waals surface area contributed by atoms with Crippen LogP contribution in [0.5, 0.6) is 17.2 Å². The van der Waals surface area contributed by atoms with Crippen molar-refractivity contribution in [2.45, 2.75) is 19.1 Å². The lowest BCUT2D eigenvalue weighted by Gasteiger charge is -2.35. The first-order valence-electron chi connectivity index (χ1n) is 12.8. The average molecular weight is 610 g/mol. The number of nitrogens with zero attached hydrogens (tertiary/aromatic N) is 4. The fourth-order valence-electron chi connectivity index (χ4n) is 4.46. The van der Waals surface area contributed by atoms with Crippen LogP contribution in [0.4, 0.5) is 19.0 Å². The van der Waals surface area contributed by atoms with Gasteiger partial charge in [0, 0.05) is 32.7 Å². The Labute approximate surface area is 240 Å². The van der Waals surface area contributed by atoms with Gasteiger partial charge >= 0.3 is 6.18 Å². The van der Waals surface area contributed by atoms with E-state index >= 15 is 0 Å². The summed E-state index contributed by atoms with van der Waals surface area (Å²) in [5.74, 6) is -0.499. The van der Waals surface area contributed by atoms with Gasteiger partial charge in [0.2, 0.25) is 10.0 Å². The normalized spacial score (nSPS) is 14.5. The molecule has 15 heteroatoms. The minimum atomic E-state index is -4.67. The lowest BCUT2D eigenvalue weighted by atomic mass is 10.0. The molecule has 0 unspecified atom stereocenters. The predicted molar refractivity (Wildman–Crippen MR) is 148 cm³/mol. The Morgan fingerprint density at radius 3 is 2.19 bits per heavy atom. The Kier molecular flexibility index (Phi) is 9.41. The lowest BCUT2D eigenvalue weighted by molar-refractivity contribution is -0.130. The third-order valence-electron chi connectivity index (χ3n) is 6.65. The number of alkyl halides is 3. The van der Waals surface area contributed by atoms with Gasteiger partial charge in [-0.1, -0.05) is 12.1 Å². The van der Waals surface area contributed by atoms with E-state index in [1.54, 1.807) is 37.1 Å². The molecular weight excluding hydrogens is 579 g/mol. The van der Waals surface area contributed by atoms with Crippen LogP contribution in [0.1, 0.15) is 22.5 Å². The number of carbonyl (C=O) groups is 1. The van der Waals surface area contributed by atoms with E-state index in [0.717, 1.165) is 16.7 Å².